The molecule has 1 amide bonds. The lowest BCUT2D eigenvalue weighted by molar-refractivity contribution is -0.112. The number of benzene rings is 3. The normalized spacial score (nSPS) is 14.4. The fraction of sp³-hybridized carbons (Fsp3) is 0.192. The zero-order valence-electron chi connectivity index (χ0n) is 19.7. The molecule has 0 saturated carbocycles. The van der Waals surface area contributed by atoms with E-state index in [-0.39, 0.29) is 22.3 Å². The van der Waals surface area contributed by atoms with Crippen LogP contribution in [0.2, 0.25) is 0 Å². The van der Waals surface area contributed by atoms with E-state index in [1.54, 1.807) is 18.2 Å². The van der Waals surface area contributed by atoms with Gasteiger partial charge in [-0.2, -0.15) is 0 Å². The van der Waals surface area contributed by atoms with Gasteiger partial charge in [0.25, 0.3) is 5.91 Å². The van der Waals surface area contributed by atoms with Crippen molar-refractivity contribution >= 4 is 39.3 Å². The number of amides is 1. The number of carbonyl (C=O) groups is 1. The predicted molar refractivity (Wildman–Crippen MR) is 137 cm³/mol. The Hall–Kier alpha value is -3.43. The van der Waals surface area contributed by atoms with Crippen molar-refractivity contribution in [3.05, 3.63) is 75.7 Å². The SMILES string of the molecule is COc1cc(O)cc(OC)c1C=C1Sc2cc(S(=O)(=O)Cc3c(C)cccc3C)ccc2NC1=O. The van der Waals surface area contributed by atoms with Gasteiger partial charge in [-0.05, 0) is 54.8 Å². The van der Waals surface area contributed by atoms with E-state index < -0.39 is 9.84 Å². The van der Waals surface area contributed by atoms with Crippen LogP contribution >= 0.6 is 11.8 Å². The summed E-state index contributed by atoms with van der Waals surface area (Å²) in [6.07, 6.45) is 1.60. The molecular formula is C26H25NO6S2. The minimum atomic E-state index is -3.62. The number of rotatable bonds is 6. The van der Waals surface area contributed by atoms with E-state index in [9.17, 15) is 18.3 Å². The monoisotopic (exact) mass is 511 g/mol. The van der Waals surface area contributed by atoms with Gasteiger partial charge in [-0.15, -0.1) is 0 Å². The van der Waals surface area contributed by atoms with Crippen molar-refractivity contribution in [3.63, 3.8) is 0 Å². The third-order valence-electron chi connectivity index (χ3n) is 5.79. The first-order valence-electron chi connectivity index (χ1n) is 10.7. The van der Waals surface area contributed by atoms with E-state index in [4.69, 9.17) is 9.47 Å². The molecule has 7 nitrogen and oxygen atoms in total. The molecule has 0 unspecified atom stereocenters. The Bertz CT molecular complexity index is 1420. The van der Waals surface area contributed by atoms with Crippen molar-refractivity contribution in [3.8, 4) is 17.2 Å². The molecule has 0 spiro atoms. The van der Waals surface area contributed by atoms with Gasteiger partial charge < -0.3 is 19.9 Å². The number of methoxy groups -OCH3 is 2. The molecule has 0 aliphatic carbocycles. The average Bonchev–Trinajstić information content (AvgIpc) is 2.82. The van der Waals surface area contributed by atoms with Crippen LogP contribution in [0.5, 0.6) is 17.2 Å². The average molecular weight is 512 g/mol. The number of phenolic OH excluding ortho intramolecular Hbond substituents is 1. The van der Waals surface area contributed by atoms with Gasteiger partial charge in [0.15, 0.2) is 9.84 Å². The van der Waals surface area contributed by atoms with E-state index in [1.807, 2.05) is 32.0 Å². The first-order chi connectivity index (χ1) is 16.6. The van der Waals surface area contributed by atoms with Crippen LogP contribution in [0.4, 0.5) is 5.69 Å². The molecule has 2 N–H and O–H groups in total. The molecule has 0 fully saturated rings. The quantitative estimate of drug-likeness (QED) is 0.445. The number of fused-ring (bicyclic) bond motifs is 1. The Morgan fingerprint density at radius 2 is 1.63 bits per heavy atom. The van der Waals surface area contributed by atoms with Gasteiger partial charge in [0.1, 0.15) is 17.2 Å². The molecule has 1 aliphatic heterocycles. The van der Waals surface area contributed by atoms with Crippen LogP contribution in [0, 0.1) is 13.8 Å². The number of sulfone groups is 1. The van der Waals surface area contributed by atoms with Crippen molar-refractivity contribution in [2.45, 2.75) is 29.4 Å². The molecule has 4 rings (SSSR count). The third kappa shape index (κ3) is 5.01. The van der Waals surface area contributed by atoms with Gasteiger partial charge in [0.05, 0.1) is 41.0 Å². The summed E-state index contributed by atoms with van der Waals surface area (Å²) in [5.41, 5.74) is 3.66. The molecule has 35 heavy (non-hydrogen) atoms. The maximum absolute atomic E-state index is 13.3. The molecular weight excluding hydrogens is 486 g/mol. The zero-order valence-corrected chi connectivity index (χ0v) is 21.3. The Balaban J connectivity index is 1.71. The summed E-state index contributed by atoms with van der Waals surface area (Å²) in [5.74, 6) is 0.180. The van der Waals surface area contributed by atoms with Gasteiger partial charge in [0.2, 0.25) is 0 Å². The van der Waals surface area contributed by atoms with Crippen molar-refractivity contribution in [1.29, 1.82) is 0 Å². The van der Waals surface area contributed by atoms with Crippen LogP contribution in [0.15, 0.2) is 63.2 Å². The molecule has 9 heteroatoms. The molecule has 0 radical (unpaired) electrons. The van der Waals surface area contributed by atoms with Crippen molar-refractivity contribution < 1.29 is 27.8 Å². The number of aromatic hydroxyl groups is 1. The van der Waals surface area contributed by atoms with E-state index in [0.29, 0.717) is 32.6 Å². The highest BCUT2D eigenvalue weighted by atomic mass is 32.2. The summed E-state index contributed by atoms with van der Waals surface area (Å²) >= 11 is 1.16. The molecule has 1 aliphatic rings. The van der Waals surface area contributed by atoms with Gasteiger partial charge in [-0.1, -0.05) is 30.0 Å². The highest BCUT2D eigenvalue weighted by molar-refractivity contribution is 8.04. The van der Waals surface area contributed by atoms with Crippen LogP contribution in [0.1, 0.15) is 22.3 Å². The maximum Gasteiger partial charge on any atom is 0.262 e. The summed E-state index contributed by atoms with van der Waals surface area (Å²) in [5, 5.41) is 12.7. The number of hydrogen-bond acceptors (Lipinski definition) is 7. The first-order valence-corrected chi connectivity index (χ1v) is 13.2. The summed E-state index contributed by atoms with van der Waals surface area (Å²) in [6, 6.07) is 13.3. The molecule has 0 aromatic heterocycles. The smallest absolute Gasteiger partial charge is 0.262 e. The predicted octanol–water partition coefficient (Wildman–Crippen LogP) is 5.09. The topological polar surface area (TPSA) is 102 Å². The number of ether oxygens (including phenoxy) is 2. The van der Waals surface area contributed by atoms with Gasteiger partial charge in [-0.25, -0.2) is 8.42 Å². The van der Waals surface area contributed by atoms with Crippen LogP contribution in [0.25, 0.3) is 6.08 Å². The lowest BCUT2D eigenvalue weighted by Crippen LogP contribution is -2.18. The highest BCUT2D eigenvalue weighted by Gasteiger charge is 2.26. The summed E-state index contributed by atoms with van der Waals surface area (Å²) in [7, 11) is -0.718. The summed E-state index contributed by atoms with van der Waals surface area (Å²) in [6.45, 7) is 3.80. The van der Waals surface area contributed by atoms with E-state index in [2.05, 4.69) is 5.32 Å². The Morgan fingerprint density at radius 1 is 1.00 bits per heavy atom. The van der Waals surface area contributed by atoms with Gasteiger partial charge >= 0.3 is 0 Å². The lowest BCUT2D eigenvalue weighted by Gasteiger charge is -2.20. The van der Waals surface area contributed by atoms with Crippen molar-refractivity contribution in [1.82, 2.24) is 0 Å². The first kappa shape index (κ1) is 24.7. The second-order valence-electron chi connectivity index (χ2n) is 8.12. The molecule has 0 bridgehead atoms. The van der Waals surface area contributed by atoms with Gasteiger partial charge in [-0.3, -0.25) is 4.79 Å². The van der Waals surface area contributed by atoms with Crippen LogP contribution < -0.4 is 14.8 Å². The number of nitrogens with one attached hydrogen (secondary N) is 1. The van der Waals surface area contributed by atoms with E-state index in [0.717, 1.165) is 28.5 Å². The minimum absolute atomic E-state index is 0.0364. The third-order valence-corrected chi connectivity index (χ3v) is 8.51. The number of anilines is 1. The number of thioether (sulfide) groups is 1. The standard InChI is InChI=1S/C26H25NO6S2/c1-15-6-5-7-16(2)20(15)14-35(30,31)18-8-9-21-24(12-18)34-25(26(29)27-21)13-19-22(32-3)10-17(28)11-23(19)33-4/h5-13,28H,14H2,1-4H3,(H,27,29). The van der Waals surface area contributed by atoms with Crippen LogP contribution in [-0.4, -0.2) is 33.7 Å². The Morgan fingerprint density at radius 3 is 2.23 bits per heavy atom. The Labute approximate surface area is 208 Å². The van der Waals surface area contributed by atoms with Crippen molar-refractivity contribution in [2.24, 2.45) is 0 Å². The van der Waals surface area contributed by atoms with E-state index >= 15 is 0 Å². The number of hydrogen-bond donors (Lipinski definition) is 2. The largest absolute Gasteiger partial charge is 0.508 e. The zero-order chi connectivity index (χ0) is 25.3. The fourth-order valence-electron chi connectivity index (χ4n) is 3.88. The second kappa shape index (κ2) is 9.67. The number of carbonyl (C=O) groups excluding carboxylic acids is 1. The number of phenols is 1. The molecule has 182 valence electrons. The lowest BCUT2D eigenvalue weighted by atomic mass is 10.1. The van der Waals surface area contributed by atoms with Crippen LogP contribution in [-0.2, 0) is 20.4 Å². The Kier molecular flexibility index (Phi) is 6.82. The summed E-state index contributed by atoms with van der Waals surface area (Å²) in [4.78, 5) is 13.9. The van der Waals surface area contributed by atoms with Crippen molar-refractivity contribution in [2.75, 3.05) is 19.5 Å². The van der Waals surface area contributed by atoms with Gasteiger partial charge in [0, 0.05) is 17.0 Å². The fourth-order valence-corrected chi connectivity index (χ4v) is 6.50. The summed E-state index contributed by atoms with van der Waals surface area (Å²) < 4.78 is 37.2. The molecule has 3 aromatic rings. The second-order valence-corrected chi connectivity index (χ2v) is 11.2. The number of aryl methyl sites for hydroxylation is 2. The van der Waals surface area contributed by atoms with E-state index in [1.165, 1.54) is 32.4 Å². The maximum atomic E-state index is 13.3. The minimum Gasteiger partial charge on any atom is -0.508 e. The molecule has 0 saturated heterocycles. The highest BCUT2D eigenvalue weighted by Crippen LogP contribution is 2.43. The molecule has 0 atom stereocenters. The molecule has 1 heterocycles. The van der Waals surface area contributed by atoms with Crippen LogP contribution in [0.3, 0.4) is 0 Å². The molecule has 3 aromatic carbocycles.